The molecule has 0 aromatic heterocycles. The molecule has 0 aliphatic rings. The van der Waals surface area contributed by atoms with Crippen molar-refractivity contribution in [3.63, 3.8) is 0 Å². The van der Waals surface area contributed by atoms with E-state index >= 15 is 0 Å². The molecule has 0 saturated carbocycles. The second kappa shape index (κ2) is 8.19. The molecule has 0 fully saturated rings. The van der Waals surface area contributed by atoms with E-state index in [1.807, 2.05) is 0 Å². The Kier molecular flexibility index (Phi) is 6.50. The number of anilines is 1. The third kappa shape index (κ3) is 5.04. The van der Waals surface area contributed by atoms with Crippen molar-refractivity contribution in [2.75, 3.05) is 18.9 Å². The molecule has 0 heterocycles. The van der Waals surface area contributed by atoms with Gasteiger partial charge in [0.15, 0.2) is 0 Å². The number of carbonyl (C=O) groups excluding carboxylic acids is 1. The van der Waals surface area contributed by atoms with E-state index in [0.717, 1.165) is 19.3 Å². The molecule has 4 nitrogen and oxygen atoms in total. The quantitative estimate of drug-likeness (QED) is 0.430. The Hall–Kier alpha value is -1.97. The summed E-state index contributed by atoms with van der Waals surface area (Å²) in [5.74, 6) is 0.473. The Bertz CT molecular complexity index is 430. The van der Waals surface area contributed by atoms with E-state index in [2.05, 4.69) is 18.8 Å². The van der Waals surface area contributed by atoms with Crippen molar-refractivity contribution in [3.05, 3.63) is 36.4 Å². The van der Waals surface area contributed by atoms with Gasteiger partial charge in [0.25, 0.3) is 5.91 Å². The van der Waals surface area contributed by atoms with Gasteiger partial charge >= 0.3 is 0 Å². The van der Waals surface area contributed by atoms with E-state index in [-0.39, 0.29) is 5.91 Å². The molecule has 0 spiro atoms. The Morgan fingerprint density at radius 1 is 1.47 bits per heavy atom. The Labute approximate surface area is 114 Å². The van der Waals surface area contributed by atoms with Gasteiger partial charge in [0, 0.05) is 12.1 Å². The van der Waals surface area contributed by atoms with Crippen LogP contribution in [0.4, 0.5) is 5.69 Å². The second-order valence-corrected chi connectivity index (χ2v) is 4.32. The fraction of sp³-hybridized carbons (Fsp3) is 0.400. The maximum atomic E-state index is 11.9. The first-order chi connectivity index (χ1) is 9.19. The molecule has 1 rings (SSSR count). The molecule has 0 aliphatic carbocycles. The molecule has 0 radical (unpaired) electrons. The SMILES string of the molecule is C=CCOc1ccc(C(=O)NCCCCC)cc1N. The minimum absolute atomic E-state index is 0.0990. The Morgan fingerprint density at radius 3 is 2.89 bits per heavy atom. The van der Waals surface area contributed by atoms with Crippen LogP contribution < -0.4 is 15.8 Å². The first-order valence-corrected chi connectivity index (χ1v) is 6.60. The van der Waals surface area contributed by atoms with Gasteiger partial charge in [-0.1, -0.05) is 32.4 Å². The molecule has 19 heavy (non-hydrogen) atoms. The van der Waals surface area contributed by atoms with Gasteiger partial charge in [-0.25, -0.2) is 0 Å². The highest BCUT2D eigenvalue weighted by Crippen LogP contribution is 2.22. The first-order valence-electron chi connectivity index (χ1n) is 6.60. The minimum atomic E-state index is -0.0990. The van der Waals surface area contributed by atoms with Crippen LogP contribution in [-0.2, 0) is 0 Å². The van der Waals surface area contributed by atoms with Gasteiger partial charge < -0.3 is 15.8 Å². The lowest BCUT2D eigenvalue weighted by atomic mass is 10.1. The van der Waals surface area contributed by atoms with E-state index < -0.39 is 0 Å². The van der Waals surface area contributed by atoms with E-state index in [9.17, 15) is 4.79 Å². The van der Waals surface area contributed by atoms with Crippen molar-refractivity contribution in [1.29, 1.82) is 0 Å². The zero-order chi connectivity index (χ0) is 14.1. The monoisotopic (exact) mass is 262 g/mol. The van der Waals surface area contributed by atoms with E-state index in [4.69, 9.17) is 10.5 Å². The van der Waals surface area contributed by atoms with Crippen molar-refractivity contribution in [3.8, 4) is 5.75 Å². The normalized spacial score (nSPS) is 9.95. The van der Waals surface area contributed by atoms with E-state index in [1.165, 1.54) is 0 Å². The molecule has 0 atom stereocenters. The average molecular weight is 262 g/mol. The van der Waals surface area contributed by atoms with Crippen molar-refractivity contribution in [2.24, 2.45) is 0 Å². The van der Waals surface area contributed by atoms with Crippen LogP contribution in [0.1, 0.15) is 36.5 Å². The molecule has 0 bridgehead atoms. The lowest BCUT2D eigenvalue weighted by Crippen LogP contribution is -2.24. The molecule has 4 heteroatoms. The lowest BCUT2D eigenvalue weighted by Gasteiger charge is -2.09. The van der Waals surface area contributed by atoms with E-state index in [0.29, 0.717) is 30.2 Å². The molecule has 0 unspecified atom stereocenters. The number of ether oxygens (including phenoxy) is 1. The van der Waals surface area contributed by atoms with Crippen LogP contribution >= 0.6 is 0 Å². The number of nitrogens with one attached hydrogen (secondary N) is 1. The molecule has 0 aliphatic heterocycles. The zero-order valence-corrected chi connectivity index (χ0v) is 11.4. The molecular weight excluding hydrogens is 240 g/mol. The van der Waals surface area contributed by atoms with Crippen LogP contribution in [-0.4, -0.2) is 19.1 Å². The fourth-order valence-electron chi connectivity index (χ4n) is 1.65. The molecule has 0 saturated heterocycles. The van der Waals surface area contributed by atoms with Crippen LogP contribution in [0.2, 0.25) is 0 Å². The molecule has 1 amide bonds. The van der Waals surface area contributed by atoms with Crippen LogP contribution in [0.5, 0.6) is 5.75 Å². The van der Waals surface area contributed by atoms with Crippen molar-refractivity contribution in [2.45, 2.75) is 26.2 Å². The average Bonchev–Trinajstić information content (AvgIpc) is 2.42. The molecular formula is C15H22N2O2. The summed E-state index contributed by atoms with van der Waals surface area (Å²) in [5, 5.41) is 2.87. The highest BCUT2D eigenvalue weighted by atomic mass is 16.5. The summed E-state index contributed by atoms with van der Waals surface area (Å²) in [4.78, 5) is 11.9. The molecule has 1 aromatic rings. The van der Waals surface area contributed by atoms with Gasteiger partial charge in [-0.15, -0.1) is 0 Å². The zero-order valence-electron chi connectivity index (χ0n) is 11.4. The third-order valence-corrected chi connectivity index (χ3v) is 2.69. The summed E-state index contributed by atoms with van der Waals surface area (Å²) in [5.41, 5.74) is 6.85. The minimum Gasteiger partial charge on any atom is -0.487 e. The van der Waals surface area contributed by atoms with Crippen molar-refractivity contribution in [1.82, 2.24) is 5.32 Å². The fourth-order valence-corrected chi connectivity index (χ4v) is 1.65. The summed E-state index contributed by atoms with van der Waals surface area (Å²) >= 11 is 0. The smallest absolute Gasteiger partial charge is 0.251 e. The predicted octanol–water partition coefficient (Wildman–Crippen LogP) is 2.75. The maximum Gasteiger partial charge on any atom is 0.251 e. The number of hydrogen-bond acceptors (Lipinski definition) is 3. The van der Waals surface area contributed by atoms with E-state index in [1.54, 1.807) is 24.3 Å². The Morgan fingerprint density at radius 2 is 2.26 bits per heavy atom. The van der Waals surface area contributed by atoms with Gasteiger partial charge in [-0.05, 0) is 24.6 Å². The topological polar surface area (TPSA) is 64.3 Å². The number of amides is 1. The maximum absolute atomic E-state index is 11.9. The summed E-state index contributed by atoms with van der Waals surface area (Å²) in [6.45, 7) is 6.79. The highest BCUT2D eigenvalue weighted by molar-refractivity contribution is 5.95. The van der Waals surface area contributed by atoms with Crippen LogP contribution in [0, 0.1) is 0 Å². The number of unbranched alkanes of at least 4 members (excludes halogenated alkanes) is 2. The largest absolute Gasteiger partial charge is 0.487 e. The summed E-state index contributed by atoms with van der Waals surface area (Å²) in [6, 6.07) is 5.05. The third-order valence-electron chi connectivity index (χ3n) is 2.69. The number of hydrogen-bond donors (Lipinski definition) is 2. The number of nitrogens with two attached hydrogens (primary N) is 1. The molecule has 1 aromatic carbocycles. The Balaban J connectivity index is 2.56. The lowest BCUT2D eigenvalue weighted by molar-refractivity contribution is 0.0953. The summed E-state index contributed by atoms with van der Waals surface area (Å²) < 4.78 is 5.36. The molecule has 3 N–H and O–H groups in total. The van der Waals surface area contributed by atoms with Crippen LogP contribution in [0.15, 0.2) is 30.9 Å². The number of rotatable bonds is 8. The van der Waals surface area contributed by atoms with Gasteiger partial charge in [-0.3, -0.25) is 4.79 Å². The van der Waals surface area contributed by atoms with Crippen LogP contribution in [0.3, 0.4) is 0 Å². The predicted molar refractivity (Wildman–Crippen MR) is 78.4 cm³/mol. The number of nitrogen functional groups attached to an aromatic ring is 1. The van der Waals surface area contributed by atoms with Crippen LogP contribution in [0.25, 0.3) is 0 Å². The number of carbonyl (C=O) groups is 1. The second-order valence-electron chi connectivity index (χ2n) is 4.32. The van der Waals surface area contributed by atoms with Gasteiger partial charge in [0.2, 0.25) is 0 Å². The highest BCUT2D eigenvalue weighted by Gasteiger charge is 2.08. The number of benzene rings is 1. The summed E-state index contributed by atoms with van der Waals surface area (Å²) in [7, 11) is 0. The van der Waals surface area contributed by atoms with Crippen molar-refractivity contribution >= 4 is 11.6 Å². The summed E-state index contributed by atoms with van der Waals surface area (Å²) in [6.07, 6.45) is 4.90. The van der Waals surface area contributed by atoms with Crippen molar-refractivity contribution < 1.29 is 9.53 Å². The first kappa shape index (κ1) is 15.1. The van der Waals surface area contributed by atoms with Gasteiger partial charge in [0.1, 0.15) is 12.4 Å². The standard InChI is InChI=1S/C15H22N2O2/c1-3-5-6-9-17-15(18)12-7-8-14(13(16)11-12)19-10-4-2/h4,7-8,11H,2-3,5-6,9-10,16H2,1H3,(H,17,18). The van der Waals surface area contributed by atoms with Gasteiger partial charge in [-0.2, -0.15) is 0 Å². The molecule has 104 valence electrons. The van der Waals surface area contributed by atoms with Gasteiger partial charge in [0.05, 0.1) is 5.69 Å².